The molecular formula is C24H25N3O4S. The molecule has 7 nitrogen and oxygen atoms in total. The second kappa shape index (κ2) is 9.84. The van der Waals surface area contributed by atoms with Crippen LogP contribution in [-0.4, -0.2) is 40.6 Å². The van der Waals surface area contributed by atoms with Gasteiger partial charge in [-0.25, -0.2) is 8.42 Å². The number of ether oxygens (including phenoxy) is 1. The van der Waals surface area contributed by atoms with Crippen molar-refractivity contribution in [3.05, 3.63) is 90.0 Å². The molecule has 0 radical (unpaired) electrons. The molecule has 2 N–H and O–H groups in total. The molecule has 8 heteroatoms. The normalized spacial score (nSPS) is 14.1. The molecule has 32 heavy (non-hydrogen) atoms. The van der Waals surface area contributed by atoms with Gasteiger partial charge in [0.2, 0.25) is 0 Å². The molecule has 166 valence electrons. The first-order valence-electron chi connectivity index (χ1n) is 10.4. The summed E-state index contributed by atoms with van der Waals surface area (Å²) in [6.07, 6.45) is 0. The number of benzene rings is 3. The Bertz CT molecular complexity index is 1160. The predicted molar refractivity (Wildman–Crippen MR) is 124 cm³/mol. The zero-order valence-corrected chi connectivity index (χ0v) is 18.3. The minimum absolute atomic E-state index is 0.162. The number of anilines is 2. The molecule has 0 aliphatic carbocycles. The van der Waals surface area contributed by atoms with E-state index >= 15 is 0 Å². The van der Waals surface area contributed by atoms with E-state index in [4.69, 9.17) is 4.74 Å². The van der Waals surface area contributed by atoms with Crippen molar-refractivity contribution in [2.24, 2.45) is 0 Å². The summed E-state index contributed by atoms with van der Waals surface area (Å²) in [6, 6.07) is 22.6. The highest BCUT2D eigenvalue weighted by Crippen LogP contribution is 2.18. The second-order valence-corrected chi connectivity index (χ2v) is 9.13. The molecule has 1 aliphatic rings. The number of rotatable bonds is 7. The van der Waals surface area contributed by atoms with E-state index in [1.54, 1.807) is 36.4 Å². The van der Waals surface area contributed by atoms with Crippen LogP contribution in [0.5, 0.6) is 0 Å². The quantitative estimate of drug-likeness (QED) is 0.576. The highest BCUT2D eigenvalue weighted by atomic mass is 32.2. The van der Waals surface area contributed by atoms with Crippen molar-refractivity contribution in [1.29, 1.82) is 0 Å². The fourth-order valence-corrected chi connectivity index (χ4v) is 4.54. The van der Waals surface area contributed by atoms with Gasteiger partial charge in [-0.15, -0.1) is 0 Å². The second-order valence-electron chi connectivity index (χ2n) is 7.45. The number of nitrogens with one attached hydrogen (secondary N) is 2. The number of carbonyl (C=O) groups excluding carboxylic acids is 1. The van der Waals surface area contributed by atoms with Gasteiger partial charge in [-0.3, -0.25) is 9.52 Å². The van der Waals surface area contributed by atoms with Crippen molar-refractivity contribution in [2.75, 3.05) is 35.9 Å². The van der Waals surface area contributed by atoms with Gasteiger partial charge in [-0.1, -0.05) is 36.4 Å². The van der Waals surface area contributed by atoms with E-state index in [0.717, 1.165) is 37.6 Å². The SMILES string of the molecule is O=C(NCc1ccc(N2CCOCC2)cc1)c1cccc(NS(=O)(=O)c2ccccc2)c1. The summed E-state index contributed by atoms with van der Waals surface area (Å²) < 4.78 is 32.9. The van der Waals surface area contributed by atoms with Gasteiger partial charge >= 0.3 is 0 Å². The van der Waals surface area contributed by atoms with Gasteiger partial charge in [0.1, 0.15) is 0 Å². The van der Waals surface area contributed by atoms with Crippen molar-refractivity contribution >= 4 is 27.3 Å². The van der Waals surface area contributed by atoms with Crippen LogP contribution in [0.1, 0.15) is 15.9 Å². The molecule has 0 unspecified atom stereocenters. The lowest BCUT2D eigenvalue weighted by Gasteiger charge is -2.28. The number of amides is 1. The number of carbonyl (C=O) groups is 1. The van der Waals surface area contributed by atoms with Crippen LogP contribution in [0.25, 0.3) is 0 Å². The zero-order valence-electron chi connectivity index (χ0n) is 17.5. The minimum atomic E-state index is -3.72. The van der Waals surface area contributed by atoms with Gasteiger partial charge in [-0.2, -0.15) is 0 Å². The minimum Gasteiger partial charge on any atom is -0.378 e. The Balaban J connectivity index is 1.37. The standard InChI is InChI=1S/C24H25N3O4S/c28-24(25-18-19-9-11-22(12-10-19)27-13-15-31-16-14-27)20-5-4-6-21(17-20)26-32(29,30)23-7-2-1-3-8-23/h1-12,17,26H,13-16,18H2,(H,25,28). The van der Waals surface area contributed by atoms with Crippen molar-refractivity contribution in [2.45, 2.75) is 11.4 Å². The van der Waals surface area contributed by atoms with Gasteiger partial charge in [0, 0.05) is 36.6 Å². The Hall–Kier alpha value is -3.36. The smallest absolute Gasteiger partial charge is 0.261 e. The first-order chi connectivity index (χ1) is 15.5. The first kappa shape index (κ1) is 21.9. The number of hydrogen-bond acceptors (Lipinski definition) is 5. The van der Waals surface area contributed by atoms with Crippen LogP contribution >= 0.6 is 0 Å². The van der Waals surface area contributed by atoms with Gasteiger partial charge in [0.05, 0.1) is 18.1 Å². The molecule has 1 fully saturated rings. The maximum absolute atomic E-state index is 12.6. The van der Waals surface area contributed by atoms with Crippen LogP contribution in [0.15, 0.2) is 83.8 Å². The van der Waals surface area contributed by atoms with E-state index < -0.39 is 10.0 Å². The van der Waals surface area contributed by atoms with E-state index in [0.29, 0.717) is 17.8 Å². The Kier molecular flexibility index (Phi) is 6.72. The highest BCUT2D eigenvalue weighted by Gasteiger charge is 2.15. The average Bonchev–Trinajstić information content (AvgIpc) is 2.84. The van der Waals surface area contributed by atoms with E-state index in [9.17, 15) is 13.2 Å². The number of morpholine rings is 1. The molecule has 0 aromatic heterocycles. The predicted octanol–water partition coefficient (Wildman–Crippen LogP) is 3.25. The molecule has 0 atom stereocenters. The summed E-state index contributed by atoms with van der Waals surface area (Å²) in [5.41, 5.74) is 2.83. The first-order valence-corrected chi connectivity index (χ1v) is 11.9. The fourth-order valence-electron chi connectivity index (χ4n) is 3.47. The molecule has 1 amide bonds. The number of hydrogen-bond donors (Lipinski definition) is 2. The summed E-state index contributed by atoms with van der Waals surface area (Å²) >= 11 is 0. The van der Waals surface area contributed by atoms with Crippen LogP contribution in [0.2, 0.25) is 0 Å². The van der Waals surface area contributed by atoms with Crippen LogP contribution in [0, 0.1) is 0 Å². The Labute approximate surface area is 188 Å². The van der Waals surface area contributed by atoms with Crippen molar-refractivity contribution in [3.63, 3.8) is 0 Å². The van der Waals surface area contributed by atoms with Crippen LogP contribution < -0.4 is 14.9 Å². The molecule has 3 aromatic rings. The zero-order chi connectivity index (χ0) is 22.4. The van der Waals surface area contributed by atoms with Crippen LogP contribution in [0.4, 0.5) is 11.4 Å². The molecule has 0 bridgehead atoms. The summed E-state index contributed by atoms with van der Waals surface area (Å²) in [4.78, 5) is 15.0. The molecule has 1 heterocycles. The number of nitrogens with zero attached hydrogens (tertiary/aromatic N) is 1. The summed E-state index contributed by atoms with van der Waals surface area (Å²) in [5, 5.41) is 2.89. The Morgan fingerprint density at radius 3 is 2.34 bits per heavy atom. The van der Waals surface area contributed by atoms with Gasteiger partial charge in [-0.05, 0) is 48.0 Å². The molecular weight excluding hydrogens is 426 g/mol. The Morgan fingerprint density at radius 1 is 0.906 bits per heavy atom. The van der Waals surface area contributed by atoms with Gasteiger partial charge < -0.3 is 15.0 Å². The maximum Gasteiger partial charge on any atom is 0.261 e. The van der Waals surface area contributed by atoms with E-state index in [1.165, 1.54) is 18.2 Å². The summed E-state index contributed by atoms with van der Waals surface area (Å²) in [5.74, 6) is -0.275. The third-order valence-corrected chi connectivity index (χ3v) is 6.59. The fraction of sp³-hybridized carbons (Fsp3) is 0.208. The van der Waals surface area contributed by atoms with E-state index in [-0.39, 0.29) is 10.8 Å². The lowest BCUT2D eigenvalue weighted by molar-refractivity contribution is 0.0951. The molecule has 0 spiro atoms. The van der Waals surface area contributed by atoms with Crippen LogP contribution in [-0.2, 0) is 21.3 Å². The lowest BCUT2D eigenvalue weighted by Crippen LogP contribution is -2.36. The Morgan fingerprint density at radius 2 is 1.62 bits per heavy atom. The summed E-state index contributed by atoms with van der Waals surface area (Å²) in [7, 11) is -3.72. The molecule has 1 aliphatic heterocycles. The van der Waals surface area contributed by atoms with E-state index in [1.807, 2.05) is 24.3 Å². The third kappa shape index (κ3) is 5.46. The van der Waals surface area contributed by atoms with Crippen molar-refractivity contribution < 1.29 is 17.9 Å². The van der Waals surface area contributed by atoms with Gasteiger partial charge in [0.15, 0.2) is 0 Å². The molecule has 0 saturated carbocycles. The van der Waals surface area contributed by atoms with Gasteiger partial charge in [0.25, 0.3) is 15.9 Å². The van der Waals surface area contributed by atoms with Crippen molar-refractivity contribution in [3.8, 4) is 0 Å². The molecule has 4 rings (SSSR count). The lowest BCUT2D eigenvalue weighted by atomic mass is 10.1. The van der Waals surface area contributed by atoms with E-state index in [2.05, 4.69) is 14.9 Å². The molecule has 1 saturated heterocycles. The van der Waals surface area contributed by atoms with Crippen molar-refractivity contribution in [1.82, 2.24) is 5.32 Å². The highest BCUT2D eigenvalue weighted by molar-refractivity contribution is 7.92. The summed E-state index contributed by atoms with van der Waals surface area (Å²) in [6.45, 7) is 3.60. The van der Waals surface area contributed by atoms with Crippen LogP contribution in [0.3, 0.4) is 0 Å². The topological polar surface area (TPSA) is 87.7 Å². The largest absolute Gasteiger partial charge is 0.378 e. The maximum atomic E-state index is 12.6. The average molecular weight is 452 g/mol. The third-order valence-electron chi connectivity index (χ3n) is 5.20. The monoisotopic (exact) mass is 451 g/mol. The number of sulfonamides is 1. The molecule has 3 aromatic carbocycles.